The Kier molecular flexibility index (Phi) is 2.21. The Labute approximate surface area is 60.7 Å². The highest BCUT2D eigenvalue weighted by atomic mass is 16.1. The van der Waals surface area contributed by atoms with Crippen molar-refractivity contribution in [2.24, 2.45) is 0 Å². The smallest absolute Gasteiger partial charge is 0.143 e. The molecule has 0 unspecified atom stereocenters. The molecule has 0 aliphatic carbocycles. The standard InChI is InChI=1S/C9H8O/c1-8(10)7-9-5-3-2-4-6-9/h2-6H,1H3. The molecule has 0 heterocycles. The van der Waals surface area contributed by atoms with Crippen LogP contribution in [0.3, 0.4) is 0 Å². The topological polar surface area (TPSA) is 17.1 Å². The molecule has 0 fully saturated rings. The van der Waals surface area contributed by atoms with Crippen LogP contribution in [0, 0.1) is 6.42 Å². The molecular formula is C9H8O. The highest BCUT2D eigenvalue weighted by Crippen LogP contribution is 2.01. The number of Topliss-reactive ketones (excluding diaryl/α,β-unsaturated/α-hetero) is 1. The van der Waals surface area contributed by atoms with Crippen LogP contribution in [0.2, 0.25) is 0 Å². The van der Waals surface area contributed by atoms with Crippen LogP contribution >= 0.6 is 0 Å². The number of hydrogen-bond acceptors (Lipinski definition) is 1. The zero-order valence-corrected chi connectivity index (χ0v) is 5.79. The Morgan fingerprint density at radius 2 is 1.90 bits per heavy atom. The first-order valence-electron chi connectivity index (χ1n) is 3.11. The molecule has 0 aliphatic rings. The summed E-state index contributed by atoms with van der Waals surface area (Å²) in [4.78, 5) is 10.5. The van der Waals surface area contributed by atoms with E-state index in [1.54, 1.807) is 0 Å². The molecule has 1 heteroatoms. The van der Waals surface area contributed by atoms with Crippen LogP contribution in [0.15, 0.2) is 30.3 Å². The van der Waals surface area contributed by atoms with Gasteiger partial charge in [-0.05, 0) is 12.5 Å². The number of ketones is 1. The first-order chi connectivity index (χ1) is 4.79. The molecular weight excluding hydrogens is 124 g/mol. The summed E-state index contributed by atoms with van der Waals surface area (Å²) in [5.41, 5.74) is 0.843. The average Bonchev–Trinajstić information content (AvgIpc) is 1.88. The van der Waals surface area contributed by atoms with E-state index in [0.717, 1.165) is 5.56 Å². The third-order valence-electron chi connectivity index (χ3n) is 1.09. The van der Waals surface area contributed by atoms with Crippen molar-refractivity contribution < 1.29 is 4.79 Å². The van der Waals surface area contributed by atoms with Crippen molar-refractivity contribution in [1.29, 1.82) is 0 Å². The first kappa shape index (κ1) is 7.00. The van der Waals surface area contributed by atoms with Crippen molar-refractivity contribution in [3.05, 3.63) is 42.3 Å². The number of benzene rings is 1. The summed E-state index contributed by atoms with van der Waals surface area (Å²) in [6.45, 7) is 1.49. The SMILES string of the molecule is CC(=O)[C]c1ccccc1. The quantitative estimate of drug-likeness (QED) is 0.598. The van der Waals surface area contributed by atoms with Crippen LogP contribution in [0.4, 0.5) is 0 Å². The Bertz CT molecular complexity index is 213. The van der Waals surface area contributed by atoms with E-state index < -0.39 is 0 Å². The highest BCUT2D eigenvalue weighted by molar-refractivity contribution is 5.88. The molecule has 50 valence electrons. The molecule has 0 saturated heterocycles. The summed E-state index contributed by atoms with van der Waals surface area (Å²) in [5, 5.41) is 0. The Hall–Kier alpha value is -1.11. The molecule has 0 N–H and O–H groups in total. The van der Waals surface area contributed by atoms with Crippen molar-refractivity contribution in [3.63, 3.8) is 0 Å². The lowest BCUT2D eigenvalue weighted by molar-refractivity contribution is -0.113. The molecule has 1 nitrogen and oxygen atoms in total. The molecule has 1 rings (SSSR count). The third-order valence-corrected chi connectivity index (χ3v) is 1.09. The van der Waals surface area contributed by atoms with Gasteiger partial charge in [0.2, 0.25) is 0 Å². The lowest BCUT2D eigenvalue weighted by atomic mass is 10.1. The minimum atomic E-state index is -0.0359. The molecule has 1 aromatic carbocycles. The van der Waals surface area contributed by atoms with Crippen molar-refractivity contribution in [2.45, 2.75) is 6.92 Å². The van der Waals surface area contributed by atoms with Gasteiger partial charge in [-0.25, -0.2) is 0 Å². The van der Waals surface area contributed by atoms with Crippen LogP contribution in [-0.2, 0) is 4.79 Å². The highest BCUT2D eigenvalue weighted by Gasteiger charge is 1.95. The van der Waals surface area contributed by atoms with Gasteiger partial charge in [0.25, 0.3) is 0 Å². The molecule has 0 amide bonds. The number of carbonyl (C=O) groups is 1. The van der Waals surface area contributed by atoms with Gasteiger partial charge >= 0.3 is 0 Å². The number of carbonyl (C=O) groups excluding carboxylic acids is 1. The summed E-state index contributed by atoms with van der Waals surface area (Å²) in [6, 6.07) is 9.37. The monoisotopic (exact) mass is 132 g/mol. The van der Waals surface area contributed by atoms with E-state index >= 15 is 0 Å². The average molecular weight is 132 g/mol. The molecule has 0 aromatic heterocycles. The van der Waals surface area contributed by atoms with Crippen LogP contribution < -0.4 is 0 Å². The minimum absolute atomic E-state index is 0.0359. The third kappa shape index (κ3) is 2.02. The van der Waals surface area contributed by atoms with Gasteiger partial charge in [0, 0.05) is 0 Å². The van der Waals surface area contributed by atoms with Crippen molar-refractivity contribution in [3.8, 4) is 0 Å². The van der Waals surface area contributed by atoms with Gasteiger partial charge in [0.1, 0.15) is 5.78 Å². The van der Waals surface area contributed by atoms with Gasteiger partial charge in [0.05, 0.1) is 6.42 Å². The van der Waals surface area contributed by atoms with Crippen LogP contribution in [0.25, 0.3) is 0 Å². The molecule has 1 aromatic rings. The zero-order valence-electron chi connectivity index (χ0n) is 5.79. The molecule has 0 bridgehead atoms. The largest absolute Gasteiger partial charge is 0.299 e. The van der Waals surface area contributed by atoms with E-state index in [0.29, 0.717) is 0 Å². The van der Waals surface area contributed by atoms with E-state index in [1.165, 1.54) is 6.92 Å². The lowest BCUT2D eigenvalue weighted by Gasteiger charge is -1.92. The van der Waals surface area contributed by atoms with Gasteiger partial charge < -0.3 is 0 Å². The van der Waals surface area contributed by atoms with Crippen LogP contribution in [-0.4, -0.2) is 5.78 Å². The predicted octanol–water partition coefficient (Wildman–Crippen LogP) is 1.70. The van der Waals surface area contributed by atoms with Gasteiger partial charge in [-0.15, -0.1) is 0 Å². The maximum Gasteiger partial charge on any atom is 0.143 e. The Morgan fingerprint density at radius 1 is 1.30 bits per heavy atom. The first-order valence-corrected chi connectivity index (χ1v) is 3.11. The summed E-state index contributed by atoms with van der Waals surface area (Å²) in [5.74, 6) is -0.0359. The normalized spacial score (nSPS) is 9.30. The Balaban J connectivity index is 2.67. The number of rotatable bonds is 2. The number of hydrogen-bond donors (Lipinski definition) is 0. The van der Waals surface area contributed by atoms with Gasteiger partial charge in [-0.3, -0.25) is 4.79 Å². The molecule has 0 atom stereocenters. The molecule has 2 radical (unpaired) electrons. The second kappa shape index (κ2) is 3.16. The minimum Gasteiger partial charge on any atom is -0.299 e. The van der Waals surface area contributed by atoms with Crippen LogP contribution in [0.1, 0.15) is 12.5 Å². The fourth-order valence-corrected chi connectivity index (χ4v) is 0.725. The zero-order chi connectivity index (χ0) is 7.40. The summed E-state index contributed by atoms with van der Waals surface area (Å²) in [6.07, 6.45) is 2.67. The van der Waals surface area contributed by atoms with E-state index in [9.17, 15) is 4.79 Å². The summed E-state index contributed by atoms with van der Waals surface area (Å²) < 4.78 is 0. The molecule has 0 spiro atoms. The van der Waals surface area contributed by atoms with Crippen molar-refractivity contribution >= 4 is 5.78 Å². The van der Waals surface area contributed by atoms with E-state index in [2.05, 4.69) is 6.42 Å². The van der Waals surface area contributed by atoms with Gasteiger partial charge in [0.15, 0.2) is 0 Å². The predicted molar refractivity (Wildman–Crippen MR) is 39.5 cm³/mol. The van der Waals surface area contributed by atoms with Crippen molar-refractivity contribution in [2.75, 3.05) is 0 Å². The van der Waals surface area contributed by atoms with Crippen molar-refractivity contribution in [1.82, 2.24) is 0 Å². The Morgan fingerprint density at radius 3 is 2.40 bits per heavy atom. The summed E-state index contributed by atoms with van der Waals surface area (Å²) in [7, 11) is 0. The fraction of sp³-hybridized carbons (Fsp3) is 0.111. The van der Waals surface area contributed by atoms with Gasteiger partial charge in [-0.1, -0.05) is 30.3 Å². The lowest BCUT2D eigenvalue weighted by Crippen LogP contribution is -1.91. The second-order valence-electron chi connectivity index (χ2n) is 2.05. The van der Waals surface area contributed by atoms with Gasteiger partial charge in [-0.2, -0.15) is 0 Å². The maximum absolute atomic E-state index is 10.5. The van der Waals surface area contributed by atoms with E-state index in [1.807, 2.05) is 30.3 Å². The fourth-order valence-electron chi connectivity index (χ4n) is 0.725. The second-order valence-corrected chi connectivity index (χ2v) is 2.05. The molecule has 0 saturated carbocycles. The van der Waals surface area contributed by atoms with Crippen LogP contribution in [0.5, 0.6) is 0 Å². The van der Waals surface area contributed by atoms with E-state index in [4.69, 9.17) is 0 Å². The molecule has 10 heavy (non-hydrogen) atoms. The summed E-state index contributed by atoms with van der Waals surface area (Å²) >= 11 is 0. The maximum atomic E-state index is 10.5. The van der Waals surface area contributed by atoms with E-state index in [-0.39, 0.29) is 5.78 Å². The molecule has 0 aliphatic heterocycles.